The van der Waals surface area contributed by atoms with Crippen LogP contribution in [0.25, 0.3) is 11.0 Å². The van der Waals surface area contributed by atoms with E-state index in [4.69, 9.17) is 9.72 Å². The van der Waals surface area contributed by atoms with Crippen LogP contribution in [0.4, 0.5) is 14.6 Å². The number of hydrogen-bond donors (Lipinski definition) is 1. The van der Waals surface area contributed by atoms with Crippen LogP contribution in [-0.2, 0) is 11.3 Å². The van der Waals surface area contributed by atoms with Gasteiger partial charge in [0.1, 0.15) is 12.1 Å². The first-order chi connectivity index (χ1) is 19.4. The fourth-order valence-corrected chi connectivity index (χ4v) is 6.12. The number of anilines is 1. The first-order valence-electron chi connectivity index (χ1n) is 14.6. The molecule has 9 rings (SSSR count). The zero-order valence-electron chi connectivity index (χ0n) is 23.0. The van der Waals surface area contributed by atoms with Crippen molar-refractivity contribution in [3.8, 4) is 11.9 Å². The maximum Gasteiger partial charge on any atom is 0.276 e. The third-order valence-electron chi connectivity index (χ3n) is 8.90. The summed E-state index contributed by atoms with van der Waals surface area (Å²) in [6.07, 6.45) is 8.00. The third-order valence-corrected chi connectivity index (χ3v) is 8.90. The number of alkyl halides is 2. The highest BCUT2D eigenvalue weighted by Crippen LogP contribution is 2.51. The molecule has 40 heavy (non-hydrogen) atoms. The van der Waals surface area contributed by atoms with Crippen molar-refractivity contribution in [2.75, 3.05) is 31.6 Å². The maximum atomic E-state index is 15.7. The second-order valence-corrected chi connectivity index (χ2v) is 11.6. The predicted octanol–water partition coefficient (Wildman–Crippen LogP) is 6.51. The van der Waals surface area contributed by atoms with Gasteiger partial charge in [0.25, 0.3) is 5.92 Å². The smallest absolute Gasteiger partial charge is 0.276 e. The number of rotatable bonds is 1. The number of aromatic nitrogens is 3. The molecule has 5 aliphatic heterocycles. The van der Waals surface area contributed by atoms with E-state index in [0.29, 0.717) is 42.2 Å². The van der Waals surface area contributed by atoms with Gasteiger partial charge in [-0.15, -0.1) is 0 Å². The average Bonchev–Trinajstić information content (AvgIpc) is 3.77. The number of pyridine rings is 1. The molecule has 1 saturated heterocycles. The van der Waals surface area contributed by atoms with Gasteiger partial charge in [-0.2, -0.15) is 10.2 Å². The van der Waals surface area contributed by atoms with E-state index < -0.39 is 17.3 Å². The molecule has 9 heteroatoms. The molecule has 1 N–H and O–H groups in total. The van der Waals surface area contributed by atoms with E-state index in [1.54, 1.807) is 18.2 Å². The molecule has 2 aromatic heterocycles. The van der Waals surface area contributed by atoms with Crippen molar-refractivity contribution in [3.63, 3.8) is 0 Å². The quantitative estimate of drug-likeness (QED) is 0.372. The summed E-state index contributed by atoms with van der Waals surface area (Å²) in [6, 6.07) is 10.9. The van der Waals surface area contributed by atoms with Gasteiger partial charge in [-0.05, 0) is 82.8 Å². The Balaban J connectivity index is 1.36. The summed E-state index contributed by atoms with van der Waals surface area (Å²) in [6.45, 7) is 4.84. The lowest BCUT2D eigenvalue weighted by Crippen LogP contribution is -2.40. The number of benzene rings is 1. The van der Waals surface area contributed by atoms with Crippen LogP contribution < -0.4 is 10.1 Å². The summed E-state index contributed by atoms with van der Waals surface area (Å²) in [5, 5.41) is 14.1. The van der Waals surface area contributed by atoms with Gasteiger partial charge in [0.15, 0.2) is 5.65 Å². The predicted molar refractivity (Wildman–Crippen MR) is 149 cm³/mol. The summed E-state index contributed by atoms with van der Waals surface area (Å²) >= 11 is 0. The standard InChI is InChI=1S/C31H36F2N6O/c1-21-22-7-6-8-24(17-22)31(32,33)23-9-14-39(15-10-23)13-4-2-3-5-16-40-29-26(30(19-34)11-12-30)18-25-27(37-21)35-20-36-28(25)38-29/h6-8,17-18,20-21,23H,2-5,9-16H2,1H3,(H,35,36,37,38)/t21-/m1/s1. The Labute approximate surface area is 234 Å². The molecule has 0 unspecified atom stereocenters. The number of hydrogen-bond acceptors (Lipinski definition) is 7. The summed E-state index contributed by atoms with van der Waals surface area (Å²) in [4.78, 5) is 15.9. The van der Waals surface area contributed by atoms with Crippen LogP contribution in [0.15, 0.2) is 36.7 Å². The normalized spacial score (nSPS) is 26.2. The Morgan fingerprint density at radius 2 is 1.85 bits per heavy atom. The van der Waals surface area contributed by atoms with Gasteiger partial charge in [-0.25, -0.2) is 18.7 Å². The lowest BCUT2D eigenvalue weighted by molar-refractivity contribution is -0.0855. The Kier molecular flexibility index (Phi) is 7.30. The van der Waals surface area contributed by atoms with Crippen molar-refractivity contribution in [1.82, 2.24) is 19.9 Å². The number of piperidine rings is 1. The molecule has 7 nitrogen and oxygen atoms in total. The molecule has 0 spiro atoms. The molecule has 6 aliphatic rings. The highest BCUT2D eigenvalue weighted by atomic mass is 19.3. The summed E-state index contributed by atoms with van der Waals surface area (Å²) < 4.78 is 37.6. The molecule has 0 amide bonds. The van der Waals surface area contributed by atoms with Gasteiger partial charge in [0.2, 0.25) is 5.88 Å². The monoisotopic (exact) mass is 546 g/mol. The van der Waals surface area contributed by atoms with Crippen LogP contribution in [-0.4, -0.2) is 46.1 Å². The highest BCUT2D eigenvalue weighted by Gasteiger charge is 2.48. The Morgan fingerprint density at radius 1 is 1.05 bits per heavy atom. The van der Waals surface area contributed by atoms with E-state index >= 15 is 8.78 Å². The minimum atomic E-state index is -2.88. The van der Waals surface area contributed by atoms with Crippen LogP contribution in [0.2, 0.25) is 0 Å². The van der Waals surface area contributed by atoms with E-state index in [-0.39, 0.29) is 11.6 Å². The van der Waals surface area contributed by atoms with Crippen LogP contribution in [0.5, 0.6) is 5.88 Å². The van der Waals surface area contributed by atoms with Gasteiger partial charge in [-0.3, -0.25) is 0 Å². The first-order valence-corrected chi connectivity index (χ1v) is 14.6. The molecule has 210 valence electrons. The van der Waals surface area contributed by atoms with Crippen molar-refractivity contribution in [3.05, 3.63) is 53.3 Å². The van der Waals surface area contributed by atoms with Gasteiger partial charge in [0.05, 0.1) is 23.5 Å². The molecule has 7 heterocycles. The highest BCUT2D eigenvalue weighted by molar-refractivity contribution is 5.88. The van der Waals surface area contributed by atoms with Crippen molar-refractivity contribution >= 4 is 16.9 Å². The van der Waals surface area contributed by atoms with E-state index in [1.807, 2.05) is 19.1 Å². The number of ether oxygens (including phenoxy) is 1. The van der Waals surface area contributed by atoms with Gasteiger partial charge >= 0.3 is 0 Å². The van der Waals surface area contributed by atoms with Crippen LogP contribution in [0.1, 0.15) is 81.0 Å². The SMILES string of the molecule is C[C@H]1Nc2ncnc3nc(c(C4(C#N)CC4)cc23)OCCCCCCN2CCC(CC2)C(F)(F)c2cccc1c2. The fraction of sp³-hybridized carbons (Fsp3) is 0.548. The summed E-state index contributed by atoms with van der Waals surface area (Å²) in [5.41, 5.74) is 1.48. The molecule has 8 bridgehead atoms. The first kappa shape index (κ1) is 26.8. The Bertz CT molecular complexity index is 1410. The minimum absolute atomic E-state index is 0.0715. The number of nitrogens with zero attached hydrogens (tertiary/aromatic N) is 5. The van der Waals surface area contributed by atoms with Crippen molar-refractivity contribution in [1.29, 1.82) is 5.26 Å². The second-order valence-electron chi connectivity index (χ2n) is 11.6. The van der Waals surface area contributed by atoms with Crippen molar-refractivity contribution in [2.45, 2.75) is 75.7 Å². The van der Waals surface area contributed by atoms with Gasteiger partial charge in [0, 0.05) is 23.1 Å². The zero-order valence-corrected chi connectivity index (χ0v) is 23.0. The maximum absolute atomic E-state index is 15.7. The molecule has 0 radical (unpaired) electrons. The molecule has 1 aliphatic carbocycles. The molecule has 2 fully saturated rings. The van der Waals surface area contributed by atoms with E-state index in [2.05, 4.69) is 26.3 Å². The third kappa shape index (κ3) is 5.22. The van der Waals surface area contributed by atoms with Crippen LogP contribution in [0, 0.1) is 17.2 Å². The summed E-state index contributed by atoms with van der Waals surface area (Å²) in [7, 11) is 0. The van der Waals surface area contributed by atoms with Crippen LogP contribution >= 0.6 is 0 Å². The zero-order chi connectivity index (χ0) is 27.7. The molecule has 3 aromatic rings. The van der Waals surface area contributed by atoms with Crippen molar-refractivity contribution < 1.29 is 13.5 Å². The lowest BCUT2D eigenvalue weighted by Gasteiger charge is -2.36. The van der Waals surface area contributed by atoms with E-state index in [0.717, 1.165) is 69.3 Å². The Hall–Kier alpha value is -3.38. The van der Waals surface area contributed by atoms with Gasteiger partial charge < -0.3 is 15.0 Å². The summed E-state index contributed by atoms with van der Waals surface area (Å²) in [5.74, 6) is -2.51. The number of nitrogens with one attached hydrogen (secondary N) is 1. The number of nitriles is 1. The second kappa shape index (κ2) is 10.9. The molecular formula is C31H36F2N6O. The number of halogens is 2. The van der Waals surface area contributed by atoms with Gasteiger partial charge in [-0.1, -0.05) is 31.0 Å². The molecule has 1 saturated carbocycles. The van der Waals surface area contributed by atoms with Crippen molar-refractivity contribution in [2.24, 2.45) is 5.92 Å². The minimum Gasteiger partial charge on any atom is -0.477 e. The molecule has 1 atom stereocenters. The fourth-order valence-electron chi connectivity index (χ4n) is 6.12. The molecular weight excluding hydrogens is 510 g/mol. The van der Waals surface area contributed by atoms with E-state index in [9.17, 15) is 5.26 Å². The lowest BCUT2D eigenvalue weighted by atomic mass is 9.85. The van der Waals surface area contributed by atoms with Crippen LogP contribution in [0.3, 0.4) is 0 Å². The van der Waals surface area contributed by atoms with E-state index in [1.165, 1.54) is 6.33 Å². The molecule has 1 aromatic carbocycles. The average molecular weight is 547 g/mol. The Morgan fingerprint density at radius 3 is 2.62 bits per heavy atom. The largest absolute Gasteiger partial charge is 0.477 e. The topological polar surface area (TPSA) is 87.0 Å².